The number of halogens is 4. The molecule has 1 saturated carbocycles. The van der Waals surface area contributed by atoms with E-state index in [0.717, 1.165) is 11.3 Å². The molecule has 1 aliphatic carbocycles. The van der Waals surface area contributed by atoms with Crippen LogP contribution < -0.4 is 0 Å². The van der Waals surface area contributed by atoms with E-state index in [1.165, 1.54) is 18.7 Å². The molecule has 1 fully saturated rings. The zero-order valence-electron chi connectivity index (χ0n) is 8.43. The number of aromatic nitrogens is 2. The lowest BCUT2D eigenvalue weighted by molar-refractivity contribution is -0.217. The lowest BCUT2D eigenvalue weighted by Crippen LogP contribution is -2.67. The molecule has 2 rings (SSSR count). The largest absolute Gasteiger partial charge is 0.297 e. The highest BCUT2D eigenvalue weighted by atomic mass is 35.5. The van der Waals surface area contributed by atoms with Crippen LogP contribution in [-0.2, 0) is 5.41 Å². The predicted molar refractivity (Wildman–Crippen MR) is 58.3 cm³/mol. The van der Waals surface area contributed by atoms with E-state index in [-0.39, 0.29) is 5.01 Å². The van der Waals surface area contributed by atoms with Gasteiger partial charge in [0.05, 0.1) is 5.41 Å². The smallest absolute Gasteiger partial charge is 0.218 e. The van der Waals surface area contributed by atoms with E-state index < -0.39 is 22.9 Å². The minimum atomic E-state index is -3.51. The van der Waals surface area contributed by atoms with Gasteiger partial charge in [0.1, 0.15) is 5.01 Å². The van der Waals surface area contributed by atoms with Gasteiger partial charge in [-0.3, -0.25) is 0 Å². The van der Waals surface area contributed by atoms with Crippen LogP contribution in [0.15, 0.2) is 4.34 Å². The van der Waals surface area contributed by atoms with Crippen LogP contribution in [0, 0.1) is 0 Å². The highest BCUT2D eigenvalue weighted by Gasteiger charge is 2.77. The van der Waals surface area contributed by atoms with Crippen LogP contribution in [0.25, 0.3) is 0 Å². The second kappa shape index (κ2) is 3.49. The molecule has 0 saturated heterocycles. The maximum Gasteiger partial charge on any atom is 0.297 e. The number of hydrogen-bond donors (Lipinski definition) is 0. The number of alkyl halides is 4. The molecule has 0 spiro atoms. The Balaban J connectivity index is 2.35. The molecule has 0 bridgehead atoms. The van der Waals surface area contributed by atoms with Crippen molar-refractivity contribution in [3.8, 4) is 0 Å². The summed E-state index contributed by atoms with van der Waals surface area (Å²) < 4.78 is 40.4. The van der Waals surface area contributed by atoms with Gasteiger partial charge < -0.3 is 0 Å². The molecule has 0 N–H and O–H groups in total. The fourth-order valence-corrected chi connectivity index (χ4v) is 3.43. The van der Waals surface area contributed by atoms with Gasteiger partial charge in [0, 0.05) is 6.42 Å². The molecule has 0 radical (unpaired) electrons. The highest BCUT2D eigenvalue weighted by molar-refractivity contribution is 8.00. The van der Waals surface area contributed by atoms with E-state index in [1.54, 1.807) is 6.26 Å². The summed E-state index contributed by atoms with van der Waals surface area (Å²) in [7, 11) is 0. The van der Waals surface area contributed by atoms with Gasteiger partial charge in [-0.05, 0) is 13.2 Å². The molecule has 1 heterocycles. The van der Waals surface area contributed by atoms with Crippen molar-refractivity contribution in [2.75, 3.05) is 6.26 Å². The Morgan fingerprint density at radius 2 is 2.00 bits per heavy atom. The third-order valence-corrected chi connectivity index (χ3v) is 5.64. The van der Waals surface area contributed by atoms with E-state index in [1.807, 2.05) is 0 Å². The van der Waals surface area contributed by atoms with Crippen molar-refractivity contribution in [1.29, 1.82) is 0 Å². The quantitative estimate of drug-likeness (QED) is 0.616. The van der Waals surface area contributed by atoms with Crippen molar-refractivity contribution in [2.45, 2.75) is 34.1 Å². The average molecular weight is 289 g/mol. The molecule has 90 valence electrons. The molecule has 1 aliphatic rings. The molecule has 1 aromatic rings. The summed E-state index contributed by atoms with van der Waals surface area (Å²) in [6.07, 6.45) is 1.15. The minimum Gasteiger partial charge on any atom is -0.218 e. The number of nitrogens with zero attached hydrogens (tertiary/aromatic N) is 2. The van der Waals surface area contributed by atoms with Crippen molar-refractivity contribution in [3.05, 3.63) is 5.01 Å². The van der Waals surface area contributed by atoms with Crippen LogP contribution in [0.1, 0.15) is 18.4 Å². The average Bonchev–Trinajstić information content (AvgIpc) is 2.64. The second-order valence-corrected chi connectivity index (χ2v) is 6.42. The Kier molecular flexibility index (Phi) is 2.72. The summed E-state index contributed by atoms with van der Waals surface area (Å²) in [4.78, 5) is 0. The molecule has 2 unspecified atom stereocenters. The summed E-state index contributed by atoms with van der Waals surface area (Å²) in [6, 6.07) is 0. The molecule has 2 nitrogen and oxygen atoms in total. The van der Waals surface area contributed by atoms with Gasteiger partial charge in [-0.25, -0.2) is 13.2 Å². The van der Waals surface area contributed by atoms with Gasteiger partial charge in [0.15, 0.2) is 4.34 Å². The first kappa shape index (κ1) is 12.4. The fraction of sp³-hybridized carbons (Fsp3) is 0.750. The lowest BCUT2D eigenvalue weighted by Gasteiger charge is -2.52. The Labute approximate surface area is 104 Å². The summed E-state index contributed by atoms with van der Waals surface area (Å²) >= 11 is 7.74. The third-order valence-electron chi connectivity index (χ3n) is 2.78. The molecule has 0 aromatic carbocycles. The zero-order valence-corrected chi connectivity index (χ0v) is 10.8. The first-order chi connectivity index (χ1) is 7.24. The van der Waals surface area contributed by atoms with Crippen molar-refractivity contribution >= 4 is 34.7 Å². The van der Waals surface area contributed by atoms with E-state index in [9.17, 15) is 13.2 Å². The SMILES string of the molecule is CSc1nnc(C2(C)CC(F)(F)C2(F)Cl)s1. The predicted octanol–water partition coefficient (Wildman–Crippen LogP) is 3.46. The molecule has 0 aliphatic heterocycles. The Bertz CT molecular complexity index is 423. The Morgan fingerprint density at radius 1 is 1.38 bits per heavy atom. The van der Waals surface area contributed by atoms with E-state index in [4.69, 9.17) is 11.6 Å². The standard InChI is InChI=1S/C8H8ClF3N2S2/c1-6(3-7(10,11)8(6,9)12)4-13-14-5(15-2)16-4/h3H2,1-2H3. The summed E-state index contributed by atoms with van der Waals surface area (Å²) in [5.41, 5.74) is -1.45. The topological polar surface area (TPSA) is 25.8 Å². The number of hydrogen-bond acceptors (Lipinski definition) is 4. The lowest BCUT2D eigenvalue weighted by atomic mass is 9.65. The molecule has 0 amide bonds. The van der Waals surface area contributed by atoms with Crippen LogP contribution in [0.4, 0.5) is 13.2 Å². The summed E-state index contributed by atoms with van der Waals surface area (Å²) in [6.45, 7) is 1.35. The van der Waals surface area contributed by atoms with E-state index in [0.29, 0.717) is 4.34 Å². The maximum atomic E-state index is 13.8. The number of rotatable bonds is 2. The molecule has 16 heavy (non-hydrogen) atoms. The van der Waals surface area contributed by atoms with Gasteiger partial charge in [0.2, 0.25) is 0 Å². The molecule has 1 aromatic heterocycles. The van der Waals surface area contributed by atoms with E-state index >= 15 is 0 Å². The monoisotopic (exact) mass is 288 g/mol. The third kappa shape index (κ3) is 1.41. The number of thioether (sulfide) groups is 1. The Morgan fingerprint density at radius 3 is 2.38 bits per heavy atom. The van der Waals surface area contributed by atoms with Crippen molar-refractivity contribution < 1.29 is 13.2 Å². The van der Waals surface area contributed by atoms with Gasteiger partial charge >= 0.3 is 0 Å². The van der Waals surface area contributed by atoms with Gasteiger partial charge in [-0.2, -0.15) is 0 Å². The molecular formula is C8H8ClF3N2S2. The summed E-state index contributed by atoms with van der Waals surface area (Å²) in [5.74, 6) is -3.51. The van der Waals surface area contributed by atoms with Crippen molar-refractivity contribution in [3.63, 3.8) is 0 Å². The van der Waals surface area contributed by atoms with Gasteiger partial charge in [-0.1, -0.05) is 34.7 Å². The molecular weight excluding hydrogens is 281 g/mol. The van der Waals surface area contributed by atoms with Crippen LogP contribution in [0.3, 0.4) is 0 Å². The summed E-state index contributed by atoms with van der Waals surface area (Å²) in [5, 5.41) is 4.64. The van der Waals surface area contributed by atoms with Gasteiger partial charge in [-0.15, -0.1) is 10.2 Å². The van der Waals surface area contributed by atoms with Gasteiger partial charge in [0.25, 0.3) is 11.1 Å². The van der Waals surface area contributed by atoms with E-state index in [2.05, 4.69) is 10.2 Å². The van der Waals surface area contributed by atoms with Crippen LogP contribution in [-0.4, -0.2) is 27.5 Å². The van der Waals surface area contributed by atoms with Crippen molar-refractivity contribution in [2.24, 2.45) is 0 Å². The molecule has 8 heteroatoms. The maximum absolute atomic E-state index is 13.8. The minimum absolute atomic E-state index is 0.222. The first-order valence-electron chi connectivity index (χ1n) is 4.38. The molecule has 2 atom stereocenters. The zero-order chi connectivity index (χ0) is 12.2. The van der Waals surface area contributed by atoms with Crippen LogP contribution >= 0.6 is 34.7 Å². The van der Waals surface area contributed by atoms with Crippen molar-refractivity contribution in [1.82, 2.24) is 10.2 Å². The highest BCUT2D eigenvalue weighted by Crippen LogP contribution is 2.65. The van der Waals surface area contributed by atoms with Crippen LogP contribution in [0.2, 0.25) is 0 Å². The normalized spacial score (nSPS) is 37.1. The Hall–Kier alpha value is -0.0100. The van der Waals surface area contributed by atoms with Crippen LogP contribution in [0.5, 0.6) is 0 Å². The fourth-order valence-electron chi connectivity index (χ4n) is 1.69. The first-order valence-corrected chi connectivity index (χ1v) is 6.80. The second-order valence-electron chi connectivity index (χ2n) is 3.86.